The molecule has 0 spiro atoms. The number of nitrogens with one attached hydrogen (secondary N) is 2. The van der Waals surface area contributed by atoms with E-state index in [0.29, 0.717) is 18.5 Å². The fraction of sp³-hybridized carbons (Fsp3) is 1.00. The van der Waals surface area contributed by atoms with Crippen molar-refractivity contribution in [3.63, 3.8) is 0 Å². The Balaban J connectivity index is 2.07. The average Bonchev–Trinajstić information content (AvgIpc) is 2.78. The standard InChI is InChI=1S/C12H26N2O2S2/c1-11(2)13-6-3-4-8-18(15,16)14-9-12-5-7-17-10-12/h11-14H,3-10H2,1-2H3. The minimum Gasteiger partial charge on any atom is -0.315 e. The Morgan fingerprint density at radius 3 is 2.72 bits per heavy atom. The highest BCUT2D eigenvalue weighted by Gasteiger charge is 2.18. The van der Waals surface area contributed by atoms with Crippen LogP contribution in [0.3, 0.4) is 0 Å². The zero-order valence-electron chi connectivity index (χ0n) is 11.4. The molecule has 18 heavy (non-hydrogen) atoms. The lowest BCUT2D eigenvalue weighted by molar-refractivity contribution is 0.538. The van der Waals surface area contributed by atoms with Gasteiger partial charge in [0.05, 0.1) is 5.75 Å². The van der Waals surface area contributed by atoms with Gasteiger partial charge in [-0.2, -0.15) is 11.8 Å². The van der Waals surface area contributed by atoms with Crippen molar-refractivity contribution in [3.05, 3.63) is 0 Å². The normalized spacial score (nSPS) is 20.7. The van der Waals surface area contributed by atoms with Gasteiger partial charge < -0.3 is 5.32 Å². The summed E-state index contributed by atoms with van der Waals surface area (Å²) in [6, 6.07) is 0.472. The van der Waals surface area contributed by atoms with Crippen molar-refractivity contribution in [2.75, 3.05) is 30.3 Å². The molecule has 1 aliphatic rings. The van der Waals surface area contributed by atoms with Crippen molar-refractivity contribution >= 4 is 21.8 Å². The van der Waals surface area contributed by atoms with Crippen LogP contribution in [0.2, 0.25) is 0 Å². The summed E-state index contributed by atoms with van der Waals surface area (Å²) in [6.07, 6.45) is 2.79. The number of hydrogen-bond acceptors (Lipinski definition) is 4. The lowest BCUT2D eigenvalue weighted by Crippen LogP contribution is -2.31. The zero-order valence-corrected chi connectivity index (χ0v) is 13.1. The Bertz CT molecular complexity index is 312. The summed E-state index contributed by atoms with van der Waals surface area (Å²) in [7, 11) is -3.06. The van der Waals surface area contributed by atoms with Gasteiger partial charge in [0.15, 0.2) is 0 Å². The Labute approximate surface area is 116 Å². The maximum atomic E-state index is 11.7. The fourth-order valence-corrected chi connectivity index (χ4v) is 4.37. The Hall–Kier alpha value is 0.220. The predicted octanol–water partition coefficient (Wildman–Crippen LogP) is 1.44. The number of rotatable bonds is 9. The summed E-state index contributed by atoms with van der Waals surface area (Å²) in [5.41, 5.74) is 0. The van der Waals surface area contributed by atoms with Crippen LogP contribution in [0.1, 0.15) is 33.1 Å². The van der Waals surface area contributed by atoms with Crippen molar-refractivity contribution < 1.29 is 8.42 Å². The molecule has 2 N–H and O–H groups in total. The summed E-state index contributed by atoms with van der Waals surface area (Å²) >= 11 is 1.92. The van der Waals surface area contributed by atoms with Crippen LogP contribution >= 0.6 is 11.8 Å². The molecular weight excluding hydrogens is 268 g/mol. The van der Waals surface area contributed by atoms with Gasteiger partial charge in [-0.15, -0.1) is 0 Å². The molecule has 0 aliphatic carbocycles. The third kappa shape index (κ3) is 7.61. The number of unbranched alkanes of at least 4 members (excludes halogenated alkanes) is 1. The molecule has 1 rings (SSSR count). The van der Waals surface area contributed by atoms with E-state index in [9.17, 15) is 8.42 Å². The van der Waals surface area contributed by atoms with Crippen molar-refractivity contribution in [1.82, 2.24) is 10.0 Å². The van der Waals surface area contributed by atoms with Crippen LogP contribution in [-0.2, 0) is 10.0 Å². The molecule has 0 bridgehead atoms. The molecule has 0 aromatic rings. The molecule has 6 heteroatoms. The summed E-state index contributed by atoms with van der Waals surface area (Å²) in [4.78, 5) is 0. The van der Waals surface area contributed by atoms with E-state index in [4.69, 9.17) is 0 Å². The molecule has 0 saturated carbocycles. The fourth-order valence-electron chi connectivity index (χ4n) is 1.87. The van der Waals surface area contributed by atoms with Crippen molar-refractivity contribution in [3.8, 4) is 0 Å². The van der Waals surface area contributed by atoms with Gasteiger partial charge in [0, 0.05) is 12.6 Å². The topological polar surface area (TPSA) is 58.2 Å². The van der Waals surface area contributed by atoms with E-state index in [1.807, 2.05) is 11.8 Å². The third-order valence-electron chi connectivity index (χ3n) is 3.01. The summed E-state index contributed by atoms with van der Waals surface area (Å²) < 4.78 is 26.2. The quantitative estimate of drug-likeness (QED) is 0.632. The largest absolute Gasteiger partial charge is 0.315 e. The van der Waals surface area contributed by atoms with Crippen LogP contribution < -0.4 is 10.0 Å². The third-order valence-corrected chi connectivity index (χ3v) is 5.67. The molecule has 108 valence electrons. The van der Waals surface area contributed by atoms with Crippen LogP contribution in [0.25, 0.3) is 0 Å². The van der Waals surface area contributed by atoms with E-state index >= 15 is 0 Å². The molecule has 0 amide bonds. The average molecular weight is 294 g/mol. The lowest BCUT2D eigenvalue weighted by Gasteiger charge is -2.11. The first kappa shape index (κ1) is 16.3. The van der Waals surface area contributed by atoms with Crippen molar-refractivity contribution in [1.29, 1.82) is 0 Å². The Morgan fingerprint density at radius 1 is 1.33 bits per heavy atom. The summed E-state index contributed by atoms with van der Waals surface area (Å²) in [5.74, 6) is 3.06. The molecule has 1 aliphatic heterocycles. The van der Waals surface area contributed by atoms with Gasteiger partial charge in [-0.05, 0) is 43.2 Å². The van der Waals surface area contributed by atoms with Gasteiger partial charge in [0.25, 0.3) is 0 Å². The second kappa shape index (κ2) is 8.40. The first-order valence-electron chi connectivity index (χ1n) is 6.78. The highest BCUT2D eigenvalue weighted by molar-refractivity contribution is 7.99. The van der Waals surface area contributed by atoms with Crippen LogP contribution in [0, 0.1) is 5.92 Å². The second-order valence-electron chi connectivity index (χ2n) is 5.21. The number of thioether (sulfide) groups is 1. The first-order chi connectivity index (χ1) is 8.49. The molecular formula is C12H26N2O2S2. The second-order valence-corrected chi connectivity index (χ2v) is 8.29. The molecule has 1 atom stereocenters. The van der Waals surface area contributed by atoms with Crippen LogP contribution in [0.15, 0.2) is 0 Å². The molecule has 0 aromatic heterocycles. The first-order valence-corrected chi connectivity index (χ1v) is 9.59. The van der Waals surface area contributed by atoms with E-state index in [2.05, 4.69) is 23.9 Å². The van der Waals surface area contributed by atoms with Gasteiger partial charge >= 0.3 is 0 Å². The number of hydrogen-bond donors (Lipinski definition) is 2. The summed E-state index contributed by atoms with van der Waals surface area (Å²) in [6.45, 7) is 5.71. The van der Waals surface area contributed by atoms with E-state index < -0.39 is 10.0 Å². The van der Waals surface area contributed by atoms with Crippen LogP contribution in [-0.4, -0.2) is 44.8 Å². The van der Waals surface area contributed by atoms with E-state index in [-0.39, 0.29) is 5.75 Å². The van der Waals surface area contributed by atoms with Gasteiger partial charge in [0.1, 0.15) is 0 Å². The van der Waals surface area contributed by atoms with Gasteiger partial charge in [-0.3, -0.25) is 0 Å². The Kier molecular flexibility index (Phi) is 7.60. The van der Waals surface area contributed by atoms with Crippen LogP contribution in [0.4, 0.5) is 0 Å². The van der Waals surface area contributed by atoms with E-state index in [1.165, 1.54) is 5.75 Å². The van der Waals surface area contributed by atoms with Gasteiger partial charge in [-0.1, -0.05) is 13.8 Å². The molecule has 1 saturated heterocycles. The summed E-state index contributed by atoms with van der Waals surface area (Å²) in [5, 5.41) is 3.29. The van der Waals surface area contributed by atoms with E-state index in [0.717, 1.165) is 31.6 Å². The monoisotopic (exact) mass is 294 g/mol. The molecule has 1 fully saturated rings. The number of sulfonamides is 1. The minimum absolute atomic E-state index is 0.257. The Morgan fingerprint density at radius 2 is 2.11 bits per heavy atom. The predicted molar refractivity (Wildman–Crippen MR) is 79.6 cm³/mol. The smallest absolute Gasteiger partial charge is 0.211 e. The van der Waals surface area contributed by atoms with E-state index in [1.54, 1.807) is 0 Å². The van der Waals surface area contributed by atoms with Gasteiger partial charge in [-0.25, -0.2) is 13.1 Å². The highest BCUT2D eigenvalue weighted by atomic mass is 32.2. The molecule has 0 aromatic carbocycles. The van der Waals surface area contributed by atoms with Crippen LogP contribution in [0.5, 0.6) is 0 Å². The lowest BCUT2D eigenvalue weighted by atomic mass is 10.1. The maximum Gasteiger partial charge on any atom is 0.211 e. The van der Waals surface area contributed by atoms with Gasteiger partial charge in [0.2, 0.25) is 10.0 Å². The molecule has 1 unspecified atom stereocenters. The SMILES string of the molecule is CC(C)NCCCCS(=O)(=O)NCC1CCSC1. The zero-order chi connectivity index (χ0) is 13.4. The maximum absolute atomic E-state index is 11.7. The molecule has 4 nitrogen and oxygen atoms in total. The highest BCUT2D eigenvalue weighted by Crippen LogP contribution is 2.22. The minimum atomic E-state index is -3.06. The van der Waals surface area contributed by atoms with Crippen molar-refractivity contribution in [2.24, 2.45) is 5.92 Å². The molecule has 0 radical (unpaired) electrons. The molecule has 1 heterocycles. The van der Waals surface area contributed by atoms with Crippen molar-refractivity contribution in [2.45, 2.75) is 39.2 Å².